The molecule has 0 spiro atoms. The van der Waals surface area contributed by atoms with Gasteiger partial charge in [-0.2, -0.15) is 5.10 Å². The lowest BCUT2D eigenvalue weighted by molar-refractivity contribution is 0.208. The number of nitrogens with one attached hydrogen (secondary N) is 1. The van der Waals surface area contributed by atoms with Gasteiger partial charge in [0, 0.05) is 20.3 Å². The first-order chi connectivity index (χ1) is 9.47. The lowest BCUT2D eigenvalue weighted by atomic mass is 10.1. The minimum atomic E-state index is -0.147. The molecule has 1 atom stereocenters. The zero-order valence-corrected chi connectivity index (χ0v) is 12.3. The van der Waals surface area contributed by atoms with E-state index in [4.69, 9.17) is 0 Å². The van der Waals surface area contributed by atoms with Crippen LogP contribution in [0, 0.1) is 6.92 Å². The quantitative estimate of drug-likeness (QED) is 0.934. The van der Waals surface area contributed by atoms with Crippen LogP contribution in [-0.2, 0) is 7.05 Å². The molecule has 0 aliphatic heterocycles. The van der Waals surface area contributed by atoms with Crippen molar-refractivity contribution in [3.63, 3.8) is 0 Å². The highest BCUT2D eigenvalue weighted by Crippen LogP contribution is 2.20. The number of hydrogen-bond donors (Lipinski definition) is 1. The number of carbonyl (C=O) groups is 1. The van der Waals surface area contributed by atoms with E-state index in [9.17, 15) is 4.79 Å². The largest absolute Gasteiger partial charge is 0.322 e. The number of amides is 2. The number of carbonyl (C=O) groups excluding carboxylic acids is 1. The molecule has 2 amide bonds. The highest BCUT2D eigenvalue weighted by Gasteiger charge is 2.17. The van der Waals surface area contributed by atoms with E-state index in [1.165, 1.54) is 5.56 Å². The van der Waals surface area contributed by atoms with Crippen molar-refractivity contribution < 1.29 is 4.79 Å². The standard InChI is InChI=1S/C15H20N4O/c1-11-5-7-13(8-6-11)12(2)19(4)15(20)17-14-9-16-18(3)10-14/h5-10,12H,1-4H3,(H,17,20)/t12-/m1/s1. The van der Waals surface area contributed by atoms with Gasteiger partial charge in [0.1, 0.15) is 0 Å². The van der Waals surface area contributed by atoms with Crippen LogP contribution in [0.2, 0.25) is 0 Å². The first kappa shape index (κ1) is 14.1. The third-order valence-corrected chi connectivity index (χ3v) is 3.42. The summed E-state index contributed by atoms with van der Waals surface area (Å²) in [6.07, 6.45) is 3.39. The lowest BCUT2D eigenvalue weighted by Gasteiger charge is -2.25. The number of aryl methyl sites for hydroxylation is 2. The Balaban J connectivity index is 2.04. The zero-order chi connectivity index (χ0) is 14.7. The molecule has 0 fully saturated rings. The molecule has 0 aliphatic rings. The average molecular weight is 272 g/mol. The van der Waals surface area contributed by atoms with Crippen LogP contribution >= 0.6 is 0 Å². The summed E-state index contributed by atoms with van der Waals surface area (Å²) in [5.74, 6) is 0. The molecule has 1 heterocycles. The Labute approximate surface area is 119 Å². The predicted molar refractivity (Wildman–Crippen MR) is 79.6 cm³/mol. The molecule has 1 N–H and O–H groups in total. The second kappa shape index (κ2) is 5.77. The number of rotatable bonds is 3. The highest BCUT2D eigenvalue weighted by atomic mass is 16.2. The third-order valence-electron chi connectivity index (χ3n) is 3.42. The summed E-state index contributed by atoms with van der Waals surface area (Å²) in [5, 5.41) is 6.85. The third kappa shape index (κ3) is 3.17. The summed E-state index contributed by atoms with van der Waals surface area (Å²) in [7, 11) is 3.60. The maximum atomic E-state index is 12.2. The first-order valence-electron chi connectivity index (χ1n) is 6.56. The summed E-state index contributed by atoms with van der Waals surface area (Å²) in [4.78, 5) is 13.9. The van der Waals surface area contributed by atoms with Crippen LogP contribution in [0.25, 0.3) is 0 Å². The van der Waals surface area contributed by atoms with Gasteiger partial charge in [-0.15, -0.1) is 0 Å². The molecular weight excluding hydrogens is 252 g/mol. The Kier molecular flexibility index (Phi) is 4.08. The molecule has 0 unspecified atom stereocenters. The topological polar surface area (TPSA) is 50.2 Å². The van der Waals surface area contributed by atoms with E-state index in [0.717, 1.165) is 5.56 Å². The van der Waals surface area contributed by atoms with Gasteiger partial charge in [-0.05, 0) is 19.4 Å². The van der Waals surface area contributed by atoms with Crippen LogP contribution in [0.15, 0.2) is 36.7 Å². The minimum absolute atomic E-state index is 0.00673. The molecule has 20 heavy (non-hydrogen) atoms. The SMILES string of the molecule is Cc1ccc([C@@H](C)N(C)C(=O)Nc2cnn(C)c2)cc1. The van der Waals surface area contributed by atoms with Crippen molar-refractivity contribution in [3.8, 4) is 0 Å². The van der Waals surface area contributed by atoms with Crippen LogP contribution in [0.3, 0.4) is 0 Å². The molecule has 0 bridgehead atoms. The number of nitrogens with zero attached hydrogens (tertiary/aromatic N) is 3. The molecule has 0 saturated heterocycles. The number of anilines is 1. The molecule has 5 heteroatoms. The Bertz CT molecular complexity index is 588. The van der Waals surface area contributed by atoms with Gasteiger partial charge in [0.25, 0.3) is 0 Å². The zero-order valence-electron chi connectivity index (χ0n) is 12.3. The van der Waals surface area contributed by atoms with Crippen molar-refractivity contribution in [2.75, 3.05) is 12.4 Å². The Morgan fingerprint density at radius 2 is 2.00 bits per heavy atom. The van der Waals surface area contributed by atoms with Gasteiger partial charge in [-0.3, -0.25) is 4.68 Å². The summed E-state index contributed by atoms with van der Waals surface area (Å²) in [5.41, 5.74) is 3.02. The highest BCUT2D eigenvalue weighted by molar-refractivity contribution is 5.89. The van der Waals surface area contributed by atoms with E-state index in [-0.39, 0.29) is 12.1 Å². The normalized spacial score (nSPS) is 12.0. The average Bonchev–Trinajstić information content (AvgIpc) is 2.83. The monoisotopic (exact) mass is 272 g/mol. The van der Waals surface area contributed by atoms with Crippen LogP contribution in [0.1, 0.15) is 24.1 Å². The van der Waals surface area contributed by atoms with Crippen molar-refractivity contribution in [1.29, 1.82) is 0 Å². The molecule has 2 rings (SSSR count). The maximum absolute atomic E-state index is 12.2. The molecule has 1 aromatic heterocycles. The number of hydrogen-bond acceptors (Lipinski definition) is 2. The van der Waals surface area contributed by atoms with Crippen LogP contribution in [0.5, 0.6) is 0 Å². The van der Waals surface area contributed by atoms with E-state index >= 15 is 0 Å². The molecule has 5 nitrogen and oxygen atoms in total. The molecule has 106 valence electrons. The van der Waals surface area contributed by atoms with E-state index in [1.54, 1.807) is 29.0 Å². The van der Waals surface area contributed by atoms with Gasteiger partial charge in [0.15, 0.2) is 0 Å². The lowest BCUT2D eigenvalue weighted by Crippen LogP contribution is -2.33. The van der Waals surface area contributed by atoms with Crippen molar-refractivity contribution in [2.45, 2.75) is 19.9 Å². The Hall–Kier alpha value is -2.30. The molecule has 1 aromatic carbocycles. The van der Waals surface area contributed by atoms with Crippen molar-refractivity contribution >= 4 is 11.7 Å². The minimum Gasteiger partial charge on any atom is -0.321 e. The molecule has 0 aliphatic carbocycles. The van der Waals surface area contributed by atoms with Crippen molar-refractivity contribution in [2.24, 2.45) is 7.05 Å². The van der Waals surface area contributed by atoms with E-state index in [0.29, 0.717) is 5.69 Å². The van der Waals surface area contributed by atoms with Crippen molar-refractivity contribution in [1.82, 2.24) is 14.7 Å². The molecule has 0 saturated carbocycles. The number of aromatic nitrogens is 2. The molecule has 2 aromatic rings. The molecule has 0 radical (unpaired) electrons. The fourth-order valence-corrected chi connectivity index (χ4v) is 1.94. The van der Waals surface area contributed by atoms with Crippen LogP contribution < -0.4 is 5.32 Å². The fraction of sp³-hybridized carbons (Fsp3) is 0.333. The van der Waals surface area contributed by atoms with Crippen LogP contribution in [-0.4, -0.2) is 27.8 Å². The van der Waals surface area contributed by atoms with Gasteiger partial charge < -0.3 is 10.2 Å². The second-order valence-electron chi connectivity index (χ2n) is 5.03. The smallest absolute Gasteiger partial charge is 0.321 e. The second-order valence-corrected chi connectivity index (χ2v) is 5.03. The molecular formula is C15H20N4O. The summed E-state index contributed by atoms with van der Waals surface area (Å²) >= 11 is 0. The Morgan fingerprint density at radius 3 is 2.55 bits per heavy atom. The van der Waals surface area contributed by atoms with Gasteiger partial charge in [0.05, 0.1) is 17.9 Å². The Morgan fingerprint density at radius 1 is 1.35 bits per heavy atom. The first-order valence-corrected chi connectivity index (χ1v) is 6.56. The van der Waals surface area contributed by atoms with E-state index in [1.807, 2.05) is 33.0 Å². The number of benzene rings is 1. The summed E-state index contributed by atoms with van der Waals surface area (Å²) in [6, 6.07) is 8.07. The predicted octanol–water partition coefficient (Wildman–Crippen LogP) is 2.95. The van der Waals surface area contributed by atoms with Gasteiger partial charge in [0.2, 0.25) is 0 Å². The fourth-order valence-electron chi connectivity index (χ4n) is 1.94. The van der Waals surface area contributed by atoms with Crippen molar-refractivity contribution in [3.05, 3.63) is 47.8 Å². The van der Waals surface area contributed by atoms with Gasteiger partial charge in [-0.25, -0.2) is 4.79 Å². The number of urea groups is 1. The maximum Gasteiger partial charge on any atom is 0.322 e. The van der Waals surface area contributed by atoms with Gasteiger partial charge >= 0.3 is 6.03 Å². The summed E-state index contributed by atoms with van der Waals surface area (Å²) < 4.78 is 1.65. The summed E-state index contributed by atoms with van der Waals surface area (Å²) in [6.45, 7) is 4.06. The van der Waals surface area contributed by atoms with E-state index in [2.05, 4.69) is 22.5 Å². The van der Waals surface area contributed by atoms with Crippen LogP contribution in [0.4, 0.5) is 10.5 Å². The van der Waals surface area contributed by atoms with Gasteiger partial charge in [-0.1, -0.05) is 29.8 Å². The van der Waals surface area contributed by atoms with E-state index < -0.39 is 0 Å².